The topological polar surface area (TPSA) is 20.3 Å². The van der Waals surface area contributed by atoms with Crippen LogP contribution in [0.3, 0.4) is 0 Å². The molecule has 1 saturated carbocycles. The van der Waals surface area contributed by atoms with E-state index < -0.39 is 0 Å². The molecule has 2 nitrogen and oxygen atoms in total. The number of likely N-dealkylation sites (tertiary alicyclic amines) is 1. The van der Waals surface area contributed by atoms with Gasteiger partial charge in [-0.15, -0.1) is 0 Å². The minimum atomic E-state index is -0.132. The molecule has 2 aromatic carbocycles. The summed E-state index contributed by atoms with van der Waals surface area (Å²) in [7, 11) is 0. The summed E-state index contributed by atoms with van der Waals surface area (Å²) in [5, 5.41) is 0. The highest BCUT2D eigenvalue weighted by Crippen LogP contribution is 2.59. The Hall–Kier alpha value is -2.09. The van der Waals surface area contributed by atoms with Crippen LogP contribution in [0.2, 0.25) is 0 Å². The molecule has 2 fully saturated rings. The highest BCUT2D eigenvalue weighted by Gasteiger charge is 2.61. The Balaban J connectivity index is 1.73. The quantitative estimate of drug-likeness (QED) is 0.802. The molecule has 0 spiro atoms. The van der Waals surface area contributed by atoms with Gasteiger partial charge in [-0.25, -0.2) is 0 Å². The van der Waals surface area contributed by atoms with Gasteiger partial charge < -0.3 is 4.90 Å². The van der Waals surface area contributed by atoms with E-state index in [2.05, 4.69) is 67.3 Å². The van der Waals surface area contributed by atoms with Crippen LogP contribution in [-0.2, 0) is 10.2 Å². The van der Waals surface area contributed by atoms with Gasteiger partial charge in [-0.3, -0.25) is 4.79 Å². The van der Waals surface area contributed by atoms with Gasteiger partial charge in [0.05, 0.1) is 5.92 Å². The first-order chi connectivity index (χ1) is 12.1. The van der Waals surface area contributed by atoms with E-state index in [4.69, 9.17) is 0 Å². The van der Waals surface area contributed by atoms with Crippen molar-refractivity contribution in [1.29, 1.82) is 0 Å². The molecule has 1 aliphatic carbocycles. The zero-order chi connectivity index (χ0) is 17.4. The summed E-state index contributed by atoms with van der Waals surface area (Å²) >= 11 is 0. The Morgan fingerprint density at radius 3 is 2.00 bits per heavy atom. The van der Waals surface area contributed by atoms with Crippen molar-refractivity contribution in [2.45, 2.75) is 44.9 Å². The molecule has 1 saturated heterocycles. The normalized spacial score (nSPS) is 21.8. The summed E-state index contributed by atoms with van der Waals surface area (Å²) in [6.07, 6.45) is 4.51. The Bertz CT molecular complexity index is 743. The smallest absolute Gasteiger partial charge is 0.226 e. The largest absolute Gasteiger partial charge is 0.342 e. The molecule has 130 valence electrons. The minimum absolute atomic E-state index is 0.0919. The van der Waals surface area contributed by atoms with Gasteiger partial charge in [0, 0.05) is 18.5 Å². The SMILES string of the molecule is Cc1cccc(C2(c3cccc(C)c3)CC2C(=O)N2CCCCC2)c1. The molecule has 4 rings (SSSR count). The van der Waals surface area contributed by atoms with Crippen LogP contribution in [0.4, 0.5) is 0 Å². The predicted octanol–water partition coefficient (Wildman–Crippen LogP) is 4.62. The van der Waals surface area contributed by atoms with Crippen molar-refractivity contribution in [3.8, 4) is 0 Å². The second-order valence-electron chi connectivity index (χ2n) is 7.85. The Kier molecular flexibility index (Phi) is 4.15. The molecule has 25 heavy (non-hydrogen) atoms. The number of carbonyl (C=O) groups is 1. The van der Waals surface area contributed by atoms with Gasteiger partial charge in [0.25, 0.3) is 0 Å². The minimum Gasteiger partial charge on any atom is -0.342 e. The van der Waals surface area contributed by atoms with Crippen LogP contribution in [-0.4, -0.2) is 23.9 Å². The molecule has 1 heterocycles. The summed E-state index contributed by atoms with van der Waals surface area (Å²) in [4.78, 5) is 15.3. The van der Waals surface area contributed by atoms with Gasteiger partial charge in [-0.05, 0) is 50.7 Å². The fourth-order valence-electron chi connectivity index (χ4n) is 4.55. The standard InChI is InChI=1S/C23H27NO/c1-17-8-6-10-19(14-17)23(20-11-7-9-18(2)15-20)16-21(23)22(25)24-12-4-3-5-13-24/h6-11,14-15,21H,3-5,12-13,16H2,1-2H3. The summed E-state index contributed by atoms with van der Waals surface area (Å²) in [6, 6.07) is 17.5. The first-order valence-electron chi connectivity index (χ1n) is 9.54. The molecule has 2 heteroatoms. The summed E-state index contributed by atoms with van der Waals surface area (Å²) < 4.78 is 0. The molecule has 1 atom stereocenters. The van der Waals surface area contributed by atoms with Crippen LogP contribution in [0, 0.1) is 19.8 Å². The fraction of sp³-hybridized carbons (Fsp3) is 0.435. The van der Waals surface area contributed by atoms with E-state index in [1.807, 2.05) is 0 Å². The molecule has 1 unspecified atom stereocenters. The number of carbonyl (C=O) groups excluding carboxylic acids is 1. The van der Waals surface area contributed by atoms with Crippen molar-refractivity contribution in [1.82, 2.24) is 4.90 Å². The van der Waals surface area contributed by atoms with Crippen LogP contribution in [0.25, 0.3) is 0 Å². The highest BCUT2D eigenvalue weighted by molar-refractivity contribution is 5.86. The fourth-order valence-corrected chi connectivity index (χ4v) is 4.55. The van der Waals surface area contributed by atoms with E-state index in [0.29, 0.717) is 5.91 Å². The molecule has 2 aromatic rings. The van der Waals surface area contributed by atoms with Crippen LogP contribution >= 0.6 is 0 Å². The van der Waals surface area contributed by atoms with E-state index in [9.17, 15) is 4.79 Å². The van der Waals surface area contributed by atoms with Crippen molar-refractivity contribution in [2.24, 2.45) is 5.92 Å². The van der Waals surface area contributed by atoms with Gasteiger partial charge in [0.1, 0.15) is 0 Å². The van der Waals surface area contributed by atoms with Crippen molar-refractivity contribution in [3.05, 3.63) is 70.8 Å². The summed E-state index contributed by atoms with van der Waals surface area (Å²) in [5.74, 6) is 0.455. The Morgan fingerprint density at radius 1 is 0.920 bits per heavy atom. The highest BCUT2D eigenvalue weighted by atomic mass is 16.2. The van der Waals surface area contributed by atoms with Crippen molar-refractivity contribution in [3.63, 3.8) is 0 Å². The average molecular weight is 333 g/mol. The number of nitrogens with zero attached hydrogens (tertiary/aromatic N) is 1. The average Bonchev–Trinajstić information content (AvgIpc) is 3.39. The first kappa shape index (κ1) is 16.4. The van der Waals surface area contributed by atoms with Crippen LogP contribution < -0.4 is 0 Å². The second-order valence-corrected chi connectivity index (χ2v) is 7.85. The molecular weight excluding hydrogens is 306 g/mol. The van der Waals surface area contributed by atoms with Crippen molar-refractivity contribution < 1.29 is 4.79 Å². The number of aryl methyl sites for hydroxylation is 2. The lowest BCUT2D eigenvalue weighted by atomic mass is 9.84. The maximum atomic E-state index is 13.2. The molecule has 0 N–H and O–H groups in total. The second kappa shape index (κ2) is 6.33. The van der Waals surface area contributed by atoms with Gasteiger partial charge in [-0.2, -0.15) is 0 Å². The van der Waals surface area contributed by atoms with E-state index in [0.717, 1.165) is 32.4 Å². The molecule has 0 radical (unpaired) electrons. The Morgan fingerprint density at radius 2 is 1.48 bits per heavy atom. The van der Waals surface area contributed by atoms with Crippen molar-refractivity contribution >= 4 is 5.91 Å². The molecular formula is C23H27NO. The summed E-state index contributed by atoms with van der Waals surface area (Å²) in [5.41, 5.74) is 5.00. The van der Waals surface area contributed by atoms with E-state index in [-0.39, 0.29) is 11.3 Å². The number of amides is 1. The zero-order valence-corrected chi connectivity index (χ0v) is 15.3. The maximum absolute atomic E-state index is 13.2. The Labute approximate surface area is 150 Å². The predicted molar refractivity (Wildman–Crippen MR) is 102 cm³/mol. The molecule has 2 aliphatic rings. The third kappa shape index (κ3) is 2.88. The molecule has 0 aromatic heterocycles. The number of rotatable bonds is 3. The number of benzene rings is 2. The van der Waals surface area contributed by atoms with E-state index in [1.54, 1.807) is 0 Å². The third-order valence-corrected chi connectivity index (χ3v) is 5.99. The molecule has 1 aliphatic heterocycles. The van der Waals surface area contributed by atoms with Gasteiger partial charge in [0.15, 0.2) is 0 Å². The monoisotopic (exact) mass is 333 g/mol. The number of hydrogen-bond acceptors (Lipinski definition) is 1. The number of piperidine rings is 1. The lowest BCUT2D eigenvalue weighted by Crippen LogP contribution is -2.38. The van der Waals surface area contributed by atoms with Gasteiger partial charge in [0.2, 0.25) is 5.91 Å². The summed E-state index contributed by atoms with van der Waals surface area (Å²) in [6.45, 7) is 6.15. The third-order valence-electron chi connectivity index (χ3n) is 5.99. The van der Waals surface area contributed by atoms with E-state index in [1.165, 1.54) is 28.7 Å². The van der Waals surface area contributed by atoms with Gasteiger partial charge >= 0.3 is 0 Å². The van der Waals surface area contributed by atoms with Crippen molar-refractivity contribution in [2.75, 3.05) is 13.1 Å². The van der Waals surface area contributed by atoms with Crippen LogP contribution in [0.1, 0.15) is 47.9 Å². The van der Waals surface area contributed by atoms with Gasteiger partial charge in [-0.1, -0.05) is 59.7 Å². The lowest BCUT2D eigenvalue weighted by Gasteiger charge is -2.28. The van der Waals surface area contributed by atoms with E-state index >= 15 is 0 Å². The van der Waals surface area contributed by atoms with Crippen LogP contribution in [0.15, 0.2) is 48.5 Å². The molecule has 1 amide bonds. The number of hydrogen-bond donors (Lipinski definition) is 0. The zero-order valence-electron chi connectivity index (χ0n) is 15.3. The maximum Gasteiger partial charge on any atom is 0.226 e. The van der Waals surface area contributed by atoms with Crippen LogP contribution in [0.5, 0.6) is 0 Å². The lowest BCUT2D eigenvalue weighted by molar-refractivity contribution is -0.133. The molecule has 0 bridgehead atoms. The first-order valence-corrected chi connectivity index (χ1v) is 9.54.